The Bertz CT molecular complexity index is 528. The summed E-state index contributed by atoms with van der Waals surface area (Å²) in [5.74, 6) is -2.21. The van der Waals surface area contributed by atoms with Crippen molar-refractivity contribution in [2.45, 2.75) is 32.0 Å². The van der Waals surface area contributed by atoms with Crippen LogP contribution in [0, 0.1) is 0 Å². The monoisotopic (exact) mass is 325 g/mol. The second-order valence-electron chi connectivity index (χ2n) is 4.52. The molecule has 0 spiro atoms. The zero-order chi connectivity index (χ0) is 16.3. The number of aliphatic hydroxyl groups is 1. The van der Waals surface area contributed by atoms with Crippen LogP contribution in [0.25, 0.3) is 0 Å². The van der Waals surface area contributed by atoms with E-state index in [0.717, 1.165) is 5.38 Å². The highest BCUT2D eigenvalue weighted by Crippen LogP contribution is 2.31. The Balaban J connectivity index is 2.57. The first-order valence-corrected chi connectivity index (χ1v) is 6.77. The van der Waals surface area contributed by atoms with Gasteiger partial charge in [-0.05, 0) is 13.3 Å². The summed E-state index contributed by atoms with van der Waals surface area (Å²) in [4.78, 5) is 26.1. The molecule has 10 heteroatoms. The van der Waals surface area contributed by atoms with E-state index >= 15 is 0 Å². The van der Waals surface area contributed by atoms with Crippen molar-refractivity contribution in [2.75, 3.05) is 11.9 Å². The van der Waals surface area contributed by atoms with Gasteiger partial charge in [0, 0.05) is 11.9 Å². The van der Waals surface area contributed by atoms with E-state index in [1.54, 1.807) is 6.92 Å². The number of halogens is 3. The van der Waals surface area contributed by atoms with Crippen LogP contribution in [0.2, 0.25) is 0 Å². The van der Waals surface area contributed by atoms with Crippen LogP contribution in [0.1, 0.15) is 26.0 Å². The molecule has 0 fully saturated rings. The van der Waals surface area contributed by atoms with Crippen LogP contribution >= 0.6 is 11.3 Å². The number of thiazole rings is 1. The number of nitrogens with one attached hydrogen (secondary N) is 2. The molecule has 3 N–H and O–H groups in total. The van der Waals surface area contributed by atoms with Crippen molar-refractivity contribution < 1.29 is 27.9 Å². The van der Waals surface area contributed by atoms with E-state index in [-0.39, 0.29) is 11.7 Å². The maximum Gasteiger partial charge on any atom is 0.434 e. The molecule has 0 unspecified atom stereocenters. The Morgan fingerprint density at radius 1 is 1.38 bits per heavy atom. The molecule has 1 heterocycles. The smallest absolute Gasteiger partial charge is 0.388 e. The summed E-state index contributed by atoms with van der Waals surface area (Å²) in [6.07, 6.45) is -4.25. The summed E-state index contributed by atoms with van der Waals surface area (Å²) in [7, 11) is 0. The minimum Gasteiger partial charge on any atom is -0.388 e. The highest BCUT2D eigenvalue weighted by Gasteiger charge is 2.34. The van der Waals surface area contributed by atoms with Crippen molar-refractivity contribution in [3.63, 3.8) is 0 Å². The number of carbonyl (C=O) groups excluding carboxylic acids is 2. The quantitative estimate of drug-likeness (QED) is 0.729. The molecule has 0 aliphatic rings. The van der Waals surface area contributed by atoms with E-state index in [2.05, 4.69) is 10.3 Å². The molecule has 1 rings (SSSR count). The number of hydrogen-bond donors (Lipinski definition) is 3. The second-order valence-corrected chi connectivity index (χ2v) is 5.38. The Morgan fingerprint density at radius 3 is 2.48 bits per heavy atom. The summed E-state index contributed by atoms with van der Waals surface area (Å²) in [5, 5.41) is 14.2. The molecule has 1 aromatic heterocycles. The lowest BCUT2D eigenvalue weighted by Crippen LogP contribution is -2.44. The molecule has 118 valence electrons. The molecule has 0 aliphatic heterocycles. The van der Waals surface area contributed by atoms with E-state index in [1.807, 2.05) is 5.32 Å². The number of nitrogens with zero attached hydrogens (tertiary/aromatic N) is 1. The van der Waals surface area contributed by atoms with E-state index in [0.29, 0.717) is 17.8 Å². The largest absolute Gasteiger partial charge is 0.434 e. The van der Waals surface area contributed by atoms with Gasteiger partial charge in [0.25, 0.3) is 0 Å². The third kappa shape index (κ3) is 5.31. The first kappa shape index (κ1) is 17.4. The summed E-state index contributed by atoms with van der Waals surface area (Å²) >= 11 is 0.558. The van der Waals surface area contributed by atoms with Gasteiger partial charge in [-0.2, -0.15) is 13.2 Å². The fourth-order valence-electron chi connectivity index (χ4n) is 1.09. The topological polar surface area (TPSA) is 91.3 Å². The SMILES string of the molecule is CC[C@](C)(O)CNC(=O)C(=O)Nc1nc(C(F)(F)F)cs1. The average Bonchev–Trinajstić information content (AvgIpc) is 2.84. The van der Waals surface area contributed by atoms with Gasteiger partial charge in [0.15, 0.2) is 10.8 Å². The Labute approximate surface area is 122 Å². The fraction of sp³-hybridized carbons (Fsp3) is 0.545. The van der Waals surface area contributed by atoms with Crippen LogP contribution in [0.5, 0.6) is 0 Å². The van der Waals surface area contributed by atoms with Crippen LogP contribution in [0.3, 0.4) is 0 Å². The summed E-state index contributed by atoms with van der Waals surface area (Å²) in [5.41, 5.74) is -2.31. The molecule has 0 aliphatic carbocycles. The van der Waals surface area contributed by atoms with Gasteiger partial charge in [-0.3, -0.25) is 14.9 Å². The van der Waals surface area contributed by atoms with Gasteiger partial charge < -0.3 is 10.4 Å². The van der Waals surface area contributed by atoms with Crippen molar-refractivity contribution in [3.05, 3.63) is 11.1 Å². The minimum absolute atomic E-state index is 0.151. The molecule has 21 heavy (non-hydrogen) atoms. The first-order chi connectivity index (χ1) is 9.55. The Hall–Kier alpha value is -1.68. The van der Waals surface area contributed by atoms with Crippen LogP contribution in [0.15, 0.2) is 5.38 Å². The molecular weight excluding hydrogens is 311 g/mol. The van der Waals surface area contributed by atoms with Gasteiger partial charge >= 0.3 is 18.0 Å². The maximum absolute atomic E-state index is 12.3. The third-order valence-electron chi connectivity index (χ3n) is 2.61. The van der Waals surface area contributed by atoms with Crippen molar-refractivity contribution >= 4 is 28.3 Å². The standard InChI is InChI=1S/C11H14F3N3O3S/c1-3-10(2,20)5-15-7(18)8(19)17-9-16-6(4-21-9)11(12,13)14/h4,20H,3,5H2,1-2H3,(H,15,18)(H,16,17,19)/t10-/m0/s1. The number of alkyl halides is 3. The summed E-state index contributed by atoms with van der Waals surface area (Å²) in [6.45, 7) is 3.02. The molecule has 0 radical (unpaired) electrons. The minimum atomic E-state index is -4.61. The van der Waals surface area contributed by atoms with E-state index < -0.39 is 29.3 Å². The second kappa shape index (κ2) is 6.39. The Morgan fingerprint density at radius 2 is 2.00 bits per heavy atom. The molecule has 0 saturated heterocycles. The van der Waals surface area contributed by atoms with Gasteiger partial charge in [0.2, 0.25) is 0 Å². The zero-order valence-electron chi connectivity index (χ0n) is 11.2. The highest BCUT2D eigenvalue weighted by molar-refractivity contribution is 7.14. The van der Waals surface area contributed by atoms with Crippen molar-refractivity contribution in [1.82, 2.24) is 10.3 Å². The number of aromatic nitrogens is 1. The van der Waals surface area contributed by atoms with Gasteiger partial charge in [0.1, 0.15) is 0 Å². The van der Waals surface area contributed by atoms with Crippen LogP contribution in [-0.2, 0) is 15.8 Å². The van der Waals surface area contributed by atoms with Crippen molar-refractivity contribution in [1.29, 1.82) is 0 Å². The number of amides is 2. The van der Waals surface area contributed by atoms with Gasteiger partial charge in [0.05, 0.1) is 5.60 Å². The molecule has 2 amide bonds. The summed E-state index contributed by atoms with van der Waals surface area (Å²) in [6, 6.07) is 0. The molecule has 1 aromatic rings. The first-order valence-electron chi connectivity index (χ1n) is 5.89. The third-order valence-corrected chi connectivity index (χ3v) is 3.37. The molecule has 1 atom stereocenters. The summed E-state index contributed by atoms with van der Waals surface area (Å²) < 4.78 is 36.9. The predicted octanol–water partition coefficient (Wildman–Crippen LogP) is 1.38. The van der Waals surface area contributed by atoms with E-state index in [4.69, 9.17) is 0 Å². The van der Waals surface area contributed by atoms with E-state index in [9.17, 15) is 27.9 Å². The maximum atomic E-state index is 12.3. The highest BCUT2D eigenvalue weighted by atomic mass is 32.1. The van der Waals surface area contributed by atoms with Crippen LogP contribution < -0.4 is 10.6 Å². The van der Waals surface area contributed by atoms with Crippen LogP contribution in [0.4, 0.5) is 18.3 Å². The molecular formula is C11H14F3N3O3S. The lowest BCUT2D eigenvalue weighted by Gasteiger charge is -2.21. The zero-order valence-corrected chi connectivity index (χ0v) is 12.1. The van der Waals surface area contributed by atoms with Crippen molar-refractivity contribution in [3.8, 4) is 0 Å². The average molecular weight is 325 g/mol. The van der Waals surface area contributed by atoms with E-state index in [1.165, 1.54) is 6.92 Å². The van der Waals surface area contributed by atoms with Crippen LogP contribution in [-0.4, -0.2) is 34.1 Å². The van der Waals surface area contributed by atoms with Crippen molar-refractivity contribution in [2.24, 2.45) is 0 Å². The molecule has 0 aromatic carbocycles. The lowest BCUT2D eigenvalue weighted by molar-refractivity contribution is -0.140. The molecule has 6 nitrogen and oxygen atoms in total. The van der Waals surface area contributed by atoms with Gasteiger partial charge in [-0.15, -0.1) is 11.3 Å². The fourth-order valence-corrected chi connectivity index (χ4v) is 1.80. The number of rotatable bonds is 4. The molecule has 0 saturated carbocycles. The predicted molar refractivity (Wildman–Crippen MR) is 69.7 cm³/mol. The number of hydrogen-bond acceptors (Lipinski definition) is 5. The van der Waals surface area contributed by atoms with Gasteiger partial charge in [-0.1, -0.05) is 6.92 Å². The Kier molecular flexibility index (Phi) is 5.29. The number of anilines is 1. The normalized spacial score (nSPS) is 14.4. The number of carbonyl (C=O) groups is 2. The molecule has 0 bridgehead atoms. The lowest BCUT2D eigenvalue weighted by atomic mass is 10.0. The van der Waals surface area contributed by atoms with Gasteiger partial charge in [-0.25, -0.2) is 4.98 Å².